The summed E-state index contributed by atoms with van der Waals surface area (Å²) in [6.07, 6.45) is 1.82. The standard InChI is InChI=1S/C26H28FN3O2S2/c27-20-4-1-3-19(17-20)26-22-8-16-34-23(22)6-9-30(26)10-7-24(31)28-11-13-29(14-12-28)25(32)18-21-5-2-15-33-21/h1-5,8,15-17,26H,6-7,9-14,18H2. The summed E-state index contributed by atoms with van der Waals surface area (Å²) in [7, 11) is 0. The first kappa shape index (κ1) is 23.2. The van der Waals surface area contributed by atoms with Crippen LogP contribution in [0.5, 0.6) is 0 Å². The molecule has 4 heterocycles. The van der Waals surface area contributed by atoms with E-state index >= 15 is 0 Å². The van der Waals surface area contributed by atoms with Gasteiger partial charge in [-0.15, -0.1) is 22.7 Å². The molecule has 5 nitrogen and oxygen atoms in total. The Hall–Kier alpha value is -2.55. The summed E-state index contributed by atoms with van der Waals surface area (Å²) in [4.78, 5) is 34.0. The van der Waals surface area contributed by atoms with Gasteiger partial charge in [0.25, 0.3) is 0 Å². The number of carbonyl (C=O) groups is 2. The number of hydrogen-bond acceptors (Lipinski definition) is 5. The molecular formula is C26H28FN3O2S2. The predicted molar refractivity (Wildman–Crippen MR) is 134 cm³/mol. The van der Waals surface area contributed by atoms with E-state index in [4.69, 9.17) is 0 Å². The van der Waals surface area contributed by atoms with Crippen LogP contribution in [0.15, 0.2) is 53.2 Å². The molecule has 5 rings (SSSR count). The molecule has 1 saturated heterocycles. The van der Waals surface area contributed by atoms with Crippen molar-refractivity contribution in [1.29, 1.82) is 0 Å². The average molecular weight is 498 g/mol. The quantitative estimate of drug-likeness (QED) is 0.513. The smallest absolute Gasteiger partial charge is 0.227 e. The Morgan fingerprint density at radius 1 is 0.912 bits per heavy atom. The molecule has 3 aromatic rings. The van der Waals surface area contributed by atoms with Crippen molar-refractivity contribution in [3.05, 3.63) is 79.9 Å². The zero-order valence-electron chi connectivity index (χ0n) is 19.0. The SMILES string of the molecule is O=C(CCN1CCc2sccc2C1c1cccc(F)c1)N1CCN(C(=O)Cc2cccs2)CC1. The summed E-state index contributed by atoms with van der Waals surface area (Å²) in [5.74, 6) is 0.0224. The molecular weight excluding hydrogens is 469 g/mol. The van der Waals surface area contributed by atoms with Gasteiger partial charge in [0.1, 0.15) is 5.82 Å². The van der Waals surface area contributed by atoms with E-state index in [9.17, 15) is 14.0 Å². The molecule has 1 unspecified atom stereocenters. The van der Waals surface area contributed by atoms with Gasteiger partial charge in [-0.1, -0.05) is 18.2 Å². The van der Waals surface area contributed by atoms with Crippen LogP contribution in [0.2, 0.25) is 0 Å². The van der Waals surface area contributed by atoms with Crippen LogP contribution in [0.1, 0.15) is 33.3 Å². The molecule has 2 aliphatic heterocycles. The fourth-order valence-corrected chi connectivity index (χ4v) is 6.55. The van der Waals surface area contributed by atoms with Crippen LogP contribution in [0.4, 0.5) is 4.39 Å². The molecule has 2 amide bonds. The molecule has 178 valence electrons. The van der Waals surface area contributed by atoms with Gasteiger partial charge in [0.15, 0.2) is 0 Å². The number of nitrogens with zero attached hydrogens (tertiary/aromatic N) is 3. The normalized spacial score (nSPS) is 18.7. The molecule has 0 aliphatic carbocycles. The molecule has 0 N–H and O–H groups in total. The monoisotopic (exact) mass is 497 g/mol. The van der Waals surface area contributed by atoms with E-state index < -0.39 is 0 Å². The van der Waals surface area contributed by atoms with Gasteiger partial charge < -0.3 is 9.80 Å². The molecule has 0 radical (unpaired) electrons. The summed E-state index contributed by atoms with van der Waals surface area (Å²) in [6.45, 7) is 3.82. The fourth-order valence-electron chi connectivity index (χ4n) is 4.95. The highest BCUT2D eigenvalue weighted by Crippen LogP contribution is 2.38. The fraction of sp³-hybridized carbons (Fsp3) is 0.385. The van der Waals surface area contributed by atoms with Crippen molar-refractivity contribution in [1.82, 2.24) is 14.7 Å². The van der Waals surface area contributed by atoms with Gasteiger partial charge in [-0.05, 0) is 52.6 Å². The molecule has 0 saturated carbocycles. The largest absolute Gasteiger partial charge is 0.339 e. The van der Waals surface area contributed by atoms with Crippen molar-refractivity contribution in [3.63, 3.8) is 0 Å². The number of hydrogen-bond donors (Lipinski definition) is 0. The highest BCUT2D eigenvalue weighted by atomic mass is 32.1. The van der Waals surface area contributed by atoms with Crippen LogP contribution >= 0.6 is 22.7 Å². The highest BCUT2D eigenvalue weighted by molar-refractivity contribution is 7.10. The summed E-state index contributed by atoms with van der Waals surface area (Å²) in [5.41, 5.74) is 2.16. The van der Waals surface area contributed by atoms with E-state index in [1.165, 1.54) is 16.5 Å². The summed E-state index contributed by atoms with van der Waals surface area (Å²) in [5, 5.41) is 4.09. The minimum absolute atomic E-state index is 0.0229. The second-order valence-electron chi connectivity index (χ2n) is 8.81. The topological polar surface area (TPSA) is 43.9 Å². The Morgan fingerprint density at radius 3 is 2.44 bits per heavy atom. The zero-order valence-corrected chi connectivity index (χ0v) is 20.6. The van der Waals surface area contributed by atoms with Crippen LogP contribution in [-0.2, 0) is 22.4 Å². The van der Waals surface area contributed by atoms with Gasteiger partial charge in [0, 0.05) is 55.4 Å². The number of thiophene rings is 2. The molecule has 1 fully saturated rings. The predicted octanol–water partition coefficient (Wildman–Crippen LogP) is 4.20. The molecule has 2 aliphatic rings. The van der Waals surface area contributed by atoms with Gasteiger partial charge in [0.05, 0.1) is 12.5 Å². The first-order valence-electron chi connectivity index (χ1n) is 11.7. The van der Waals surface area contributed by atoms with Gasteiger partial charge in [-0.25, -0.2) is 4.39 Å². The molecule has 0 spiro atoms. The third-order valence-electron chi connectivity index (χ3n) is 6.73. The van der Waals surface area contributed by atoms with Crippen molar-refractivity contribution in [2.75, 3.05) is 39.3 Å². The Balaban J connectivity index is 1.18. The second kappa shape index (κ2) is 10.4. The molecule has 8 heteroatoms. The van der Waals surface area contributed by atoms with Crippen LogP contribution < -0.4 is 0 Å². The number of halogens is 1. The molecule has 2 aromatic heterocycles. The van der Waals surface area contributed by atoms with Gasteiger partial charge in [0.2, 0.25) is 11.8 Å². The summed E-state index contributed by atoms with van der Waals surface area (Å²) >= 11 is 3.35. The first-order chi connectivity index (χ1) is 16.6. The van der Waals surface area contributed by atoms with Gasteiger partial charge in [-0.2, -0.15) is 0 Å². The number of fused-ring (bicyclic) bond motifs is 1. The van der Waals surface area contributed by atoms with Crippen LogP contribution in [0.3, 0.4) is 0 Å². The van der Waals surface area contributed by atoms with E-state index in [1.54, 1.807) is 34.8 Å². The van der Waals surface area contributed by atoms with Crippen molar-refractivity contribution in [3.8, 4) is 0 Å². The van der Waals surface area contributed by atoms with E-state index in [0.29, 0.717) is 45.6 Å². The molecule has 34 heavy (non-hydrogen) atoms. The Bertz CT molecular complexity index is 1140. The van der Waals surface area contributed by atoms with Crippen molar-refractivity contribution >= 4 is 34.5 Å². The minimum Gasteiger partial charge on any atom is -0.339 e. The molecule has 1 aromatic carbocycles. The maximum atomic E-state index is 14.0. The second-order valence-corrected chi connectivity index (χ2v) is 10.8. The first-order valence-corrected chi connectivity index (χ1v) is 13.5. The number of benzene rings is 1. The van der Waals surface area contributed by atoms with Crippen LogP contribution in [0, 0.1) is 5.82 Å². The number of amides is 2. The summed E-state index contributed by atoms with van der Waals surface area (Å²) in [6, 6.07) is 12.9. The third-order valence-corrected chi connectivity index (χ3v) is 8.61. The van der Waals surface area contributed by atoms with Crippen molar-refractivity contribution in [2.24, 2.45) is 0 Å². The lowest BCUT2D eigenvalue weighted by molar-refractivity contribution is -0.139. The number of piperazine rings is 1. The Labute approximate surface area is 207 Å². The third kappa shape index (κ3) is 5.09. The highest BCUT2D eigenvalue weighted by Gasteiger charge is 2.31. The lowest BCUT2D eigenvalue weighted by Gasteiger charge is -2.38. The van der Waals surface area contributed by atoms with Crippen molar-refractivity contribution in [2.45, 2.75) is 25.3 Å². The zero-order chi connectivity index (χ0) is 23.5. The minimum atomic E-state index is -0.234. The molecule has 0 bridgehead atoms. The lowest BCUT2D eigenvalue weighted by atomic mass is 9.93. The van der Waals surface area contributed by atoms with Crippen LogP contribution in [0.25, 0.3) is 0 Å². The van der Waals surface area contributed by atoms with Crippen molar-refractivity contribution < 1.29 is 14.0 Å². The van der Waals surface area contributed by atoms with E-state index in [-0.39, 0.29) is 23.7 Å². The number of rotatable bonds is 6. The Morgan fingerprint density at radius 2 is 1.71 bits per heavy atom. The van der Waals surface area contributed by atoms with E-state index in [2.05, 4.69) is 16.3 Å². The van der Waals surface area contributed by atoms with Gasteiger partial charge >= 0.3 is 0 Å². The van der Waals surface area contributed by atoms with E-state index in [1.807, 2.05) is 33.4 Å². The Kier molecular flexibility index (Phi) is 7.08. The average Bonchev–Trinajstić information content (AvgIpc) is 3.54. The molecule has 1 atom stereocenters. The lowest BCUT2D eigenvalue weighted by Crippen LogP contribution is -2.51. The maximum absolute atomic E-state index is 14.0. The van der Waals surface area contributed by atoms with E-state index in [0.717, 1.165) is 23.4 Å². The maximum Gasteiger partial charge on any atom is 0.227 e. The van der Waals surface area contributed by atoms with Gasteiger partial charge in [-0.3, -0.25) is 14.5 Å². The number of carbonyl (C=O) groups excluding carboxylic acids is 2. The van der Waals surface area contributed by atoms with Crippen LogP contribution in [-0.4, -0.2) is 65.8 Å². The summed E-state index contributed by atoms with van der Waals surface area (Å²) < 4.78 is 14.0.